The van der Waals surface area contributed by atoms with Crippen LogP contribution in [0.2, 0.25) is 0 Å². The number of fused-ring (bicyclic) bond motifs is 1. The van der Waals surface area contributed by atoms with Gasteiger partial charge in [-0.1, -0.05) is 24.3 Å². The van der Waals surface area contributed by atoms with Crippen molar-refractivity contribution >= 4 is 18.1 Å². The van der Waals surface area contributed by atoms with E-state index in [0.29, 0.717) is 35.2 Å². The summed E-state index contributed by atoms with van der Waals surface area (Å²) in [6, 6.07) is 17.5. The number of carbonyl (C=O) groups is 2. The van der Waals surface area contributed by atoms with E-state index in [0.717, 1.165) is 5.56 Å². The first-order chi connectivity index (χ1) is 15.1. The smallest absolute Gasteiger partial charge is 0.338 e. The molecule has 1 aliphatic heterocycles. The van der Waals surface area contributed by atoms with Gasteiger partial charge in [0.2, 0.25) is 6.10 Å². The Bertz CT molecular complexity index is 1100. The number of benzene rings is 2. The zero-order chi connectivity index (χ0) is 21.6. The molecule has 1 N–H and O–H groups in total. The van der Waals surface area contributed by atoms with Gasteiger partial charge in [-0.2, -0.15) is 5.10 Å². The van der Waals surface area contributed by atoms with Crippen LogP contribution in [-0.2, 0) is 9.53 Å². The molecule has 0 saturated heterocycles. The summed E-state index contributed by atoms with van der Waals surface area (Å²) in [5, 5.41) is 3.92. The minimum Gasteiger partial charge on any atom is -0.485 e. The minimum absolute atomic E-state index is 0.102. The second-order valence-electron chi connectivity index (χ2n) is 6.60. The van der Waals surface area contributed by atoms with Gasteiger partial charge in [-0.3, -0.25) is 4.79 Å². The molecule has 0 aliphatic carbocycles. The maximum atomic E-state index is 12.3. The number of amides is 1. The van der Waals surface area contributed by atoms with Crippen LogP contribution in [-0.4, -0.2) is 37.4 Å². The Kier molecular flexibility index (Phi) is 5.98. The van der Waals surface area contributed by atoms with Gasteiger partial charge in [0.15, 0.2) is 11.5 Å². The van der Waals surface area contributed by atoms with Crippen molar-refractivity contribution in [1.29, 1.82) is 0 Å². The number of ether oxygens (including phenoxy) is 3. The number of nitrogens with zero attached hydrogens (tertiary/aromatic N) is 1. The van der Waals surface area contributed by atoms with Gasteiger partial charge in [0.05, 0.1) is 18.4 Å². The van der Waals surface area contributed by atoms with Crippen LogP contribution < -0.4 is 14.9 Å². The molecule has 0 spiro atoms. The summed E-state index contributed by atoms with van der Waals surface area (Å²) in [5.41, 5.74) is 3.69. The molecule has 0 bridgehead atoms. The van der Waals surface area contributed by atoms with Crippen molar-refractivity contribution in [2.24, 2.45) is 5.10 Å². The van der Waals surface area contributed by atoms with Crippen LogP contribution in [0, 0.1) is 0 Å². The number of para-hydroxylation sites is 2. The van der Waals surface area contributed by atoms with Gasteiger partial charge in [0.1, 0.15) is 18.1 Å². The molecule has 2 aromatic carbocycles. The highest BCUT2D eigenvalue weighted by molar-refractivity contribution is 5.90. The molecule has 31 heavy (non-hydrogen) atoms. The third-order valence-corrected chi connectivity index (χ3v) is 4.47. The van der Waals surface area contributed by atoms with Crippen molar-refractivity contribution in [1.82, 2.24) is 5.43 Å². The van der Waals surface area contributed by atoms with E-state index < -0.39 is 12.0 Å². The van der Waals surface area contributed by atoms with Crippen LogP contribution in [0.3, 0.4) is 0 Å². The molecule has 1 aliphatic rings. The Balaban J connectivity index is 1.34. The highest BCUT2D eigenvalue weighted by Gasteiger charge is 2.27. The predicted molar refractivity (Wildman–Crippen MR) is 112 cm³/mol. The molecular formula is C23H20N2O6. The molecule has 3 aromatic rings. The molecule has 1 aromatic heterocycles. The third-order valence-electron chi connectivity index (χ3n) is 4.47. The molecule has 0 saturated carbocycles. The Morgan fingerprint density at radius 1 is 1.10 bits per heavy atom. The van der Waals surface area contributed by atoms with Crippen molar-refractivity contribution in [3.8, 4) is 22.8 Å². The highest BCUT2D eigenvalue weighted by atomic mass is 16.6. The fraction of sp³-hybridized carbons (Fsp3) is 0.174. The van der Waals surface area contributed by atoms with Crippen LogP contribution in [0.15, 0.2) is 70.2 Å². The molecule has 2 heterocycles. The molecule has 8 nitrogen and oxygen atoms in total. The van der Waals surface area contributed by atoms with Gasteiger partial charge in [-0.15, -0.1) is 0 Å². The van der Waals surface area contributed by atoms with E-state index in [1.807, 2.05) is 6.07 Å². The van der Waals surface area contributed by atoms with Gasteiger partial charge in [-0.05, 0) is 43.3 Å². The third kappa shape index (κ3) is 4.75. The predicted octanol–water partition coefficient (Wildman–Crippen LogP) is 3.41. The number of furan rings is 1. The van der Waals surface area contributed by atoms with E-state index in [2.05, 4.69) is 10.5 Å². The topological polar surface area (TPSA) is 99.4 Å². The lowest BCUT2D eigenvalue weighted by molar-refractivity contribution is -0.130. The molecule has 0 radical (unpaired) electrons. The maximum absolute atomic E-state index is 12.3. The van der Waals surface area contributed by atoms with Gasteiger partial charge in [0, 0.05) is 5.56 Å². The Hall–Kier alpha value is -4.07. The van der Waals surface area contributed by atoms with Crippen LogP contribution in [0.5, 0.6) is 11.5 Å². The minimum atomic E-state index is -0.794. The van der Waals surface area contributed by atoms with Gasteiger partial charge in [0.25, 0.3) is 5.91 Å². The van der Waals surface area contributed by atoms with E-state index in [1.165, 1.54) is 6.21 Å². The first kappa shape index (κ1) is 20.2. The van der Waals surface area contributed by atoms with E-state index in [-0.39, 0.29) is 12.6 Å². The molecule has 4 rings (SSSR count). The van der Waals surface area contributed by atoms with Crippen LogP contribution in [0.25, 0.3) is 11.3 Å². The van der Waals surface area contributed by atoms with Crippen LogP contribution >= 0.6 is 0 Å². The number of nitrogens with one attached hydrogen (secondary N) is 1. The molecule has 1 atom stereocenters. The van der Waals surface area contributed by atoms with Crippen LogP contribution in [0.1, 0.15) is 23.0 Å². The summed E-state index contributed by atoms with van der Waals surface area (Å²) in [6.07, 6.45) is 0.601. The normalized spacial score (nSPS) is 14.9. The Labute approximate surface area is 178 Å². The standard InChI is InChI=1S/C23H20N2O6/c1-2-28-23(27)16-9-7-15(8-10-16)18-12-11-17(30-18)13-24-25-22(26)21-14-29-19-5-3-4-6-20(19)31-21/h3-13,21H,2,14H2,1H3,(H,25,26). The van der Waals surface area contributed by atoms with E-state index in [4.69, 9.17) is 18.6 Å². The molecule has 8 heteroatoms. The number of hydrogen-bond donors (Lipinski definition) is 1. The van der Waals surface area contributed by atoms with Crippen molar-refractivity contribution < 1.29 is 28.2 Å². The molecule has 158 valence electrons. The summed E-state index contributed by atoms with van der Waals surface area (Å²) in [7, 11) is 0. The summed E-state index contributed by atoms with van der Waals surface area (Å²) < 4.78 is 21.8. The monoisotopic (exact) mass is 420 g/mol. The number of esters is 1. The van der Waals surface area contributed by atoms with E-state index in [1.54, 1.807) is 61.5 Å². The van der Waals surface area contributed by atoms with Crippen LogP contribution in [0.4, 0.5) is 0 Å². The number of hydrogen-bond acceptors (Lipinski definition) is 7. The summed E-state index contributed by atoms with van der Waals surface area (Å²) in [5.74, 6) is 1.38. The van der Waals surface area contributed by atoms with Gasteiger partial charge >= 0.3 is 5.97 Å². The zero-order valence-corrected chi connectivity index (χ0v) is 16.7. The highest BCUT2D eigenvalue weighted by Crippen LogP contribution is 2.30. The quantitative estimate of drug-likeness (QED) is 0.373. The molecule has 1 amide bonds. The van der Waals surface area contributed by atoms with Gasteiger partial charge < -0.3 is 18.6 Å². The lowest BCUT2D eigenvalue weighted by Crippen LogP contribution is -2.42. The summed E-state index contributed by atoms with van der Waals surface area (Å²) in [6.45, 7) is 2.19. The number of rotatable bonds is 6. The lowest BCUT2D eigenvalue weighted by Gasteiger charge is -2.24. The first-order valence-electron chi connectivity index (χ1n) is 9.73. The number of hydrazone groups is 1. The van der Waals surface area contributed by atoms with Crippen molar-refractivity contribution in [3.05, 3.63) is 72.0 Å². The van der Waals surface area contributed by atoms with Crippen molar-refractivity contribution in [2.45, 2.75) is 13.0 Å². The average Bonchev–Trinajstić information content (AvgIpc) is 3.28. The summed E-state index contributed by atoms with van der Waals surface area (Å²) >= 11 is 0. The SMILES string of the molecule is CCOC(=O)c1ccc(-c2ccc(C=NNC(=O)C3COc4ccccc4O3)o2)cc1. The second kappa shape index (κ2) is 9.17. The fourth-order valence-electron chi connectivity index (χ4n) is 2.94. The Morgan fingerprint density at radius 2 is 1.87 bits per heavy atom. The summed E-state index contributed by atoms with van der Waals surface area (Å²) in [4.78, 5) is 24.0. The zero-order valence-electron chi connectivity index (χ0n) is 16.7. The van der Waals surface area contributed by atoms with E-state index in [9.17, 15) is 9.59 Å². The van der Waals surface area contributed by atoms with Crippen molar-refractivity contribution in [3.63, 3.8) is 0 Å². The van der Waals surface area contributed by atoms with Gasteiger partial charge in [-0.25, -0.2) is 10.2 Å². The number of carbonyl (C=O) groups excluding carboxylic acids is 2. The van der Waals surface area contributed by atoms with E-state index >= 15 is 0 Å². The molecule has 0 fully saturated rings. The molecular weight excluding hydrogens is 400 g/mol. The van der Waals surface area contributed by atoms with Crippen molar-refractivity contribution in [2.75, 3.05) is 13.2 Å². The average molecular weight is 420 g/mol. The molecule has 1 unspecified atom stereocenters. The second-order valence-corrected chi connectivity index (χ2v) is 6.60. The Morgan fingerprint density at radius 3 is 2.65 bits per heavy atom. The first-order valence-corrected chi connectivity index (χ1v) is 9.73. The lowest BCUT2D eigenvalue weighted by atomic mass is 10.1. The fourth-order valence-corrected chi connectivity index (χ4v) is 2.94. The largest absolute Gasteiger partial charge is 0.485 e. The maximum Gasteiger partial charge on any atom is 0.338 e.